The first kappa shape index (κ1) is 15.6. The molecule has 1 rings (SSSR count). The summed E-state index contributed by atoms with van der Waals surface area (Å²) in [5.41, 5.74) is -0.235. The lowest BCUT2D eigenvalue weighted by molar-refractivity contribution is -0.117. The SMILES string of the molecule is CCC(C)(C=O)CN1CCCCCC1CC(C)O. The number of hydrogen-bond acceptors (Lipinski definition) is 3. The van der Waals surface area contributed by atoms with E-state index in [0.29, 0.717) is 6.04 Å². The molecular formula is C15H29NO2. The van der Waals surface area contributed by atoms with Gasteiger partial charge in [-0.3, -0.25) is 4.90 Å². The van der Waals surface area contributed by atoms with Crippen molar-refractivity contribution in [2.45, 2.75) is 71.4 Å². The minimum absolute atomic E-state index is 0.235. The fourth-order valence-electron chi connectivity index (χ4n) is 2.80. The second-order valence-electron chi connectivity index (χ2n) is 6.18. The van der Waals surface area contributed by atoms with Crippen molar-refractivity contribution in [1.29, 1.82) is 0 Å². The molecule has 1 aliphatic rings. The van der Waals surface area contributed by atoms with Gasteiger partial charge in [0.2, 0.25) is 0 Å². The second kappa shape index (κ2) is 7.25. The molecule has 0 radical (unpaired) electrons. The molecule has 3 atom stereocenters. The van der Waals surface area contributed by atoms with Gasteiger partial charge in [-0.1, -0.05) is 26.7 Å². The third kappa shape index (κ3) is 4.69. The maximum Gasteiger partial charge on any atom is 0.127 e. The topological polar surface area (TPSA) is 40.5 Å². The molecule has 0 bridgehead atoms. The zero-order valence-electron chi connectivity index (χ0n) is 12.2. The van der Waals surface area contributed by atoms with Crippen molar-refractivity contribution in [1.82, 2.24) is 4.90 Å². The van der Waals surface area contributed by atoms with Crippen LogP contribution in [0.2, 0.25) is 0 Å². The van der Waals surface area contributed by atoms with Crippen molar-refractivity contribution in [2.24, 2.45) is 5.41 Å². The van der Waals surface area contributed by atoms with Gasteiger partial charge in [0.1, 0.15) is 6.29 Å². The molecular weight excluding hydrogens is 226 g/mol. The van der Waals surface area contributed by atoms with Gasteiger partial charge in [0, 0.05) is 18.0 Å². The van der Waals surface area contributed by atoms with E-state index < -0.39 is 0 Å². The number of aliphatic hydroxyl groups is 1. The summed E-state index contributed by atoms with van der Waals surface area (Å²) in [5.74, 6) is 0. The van der Waals surface area contributed by atoms with Gasteiger partial charge in [0.05, 0.1) is 6.10 Å². The Balaban J connectivity index is 2.69. The summed E-state index contributed by atoms with van der Waals surface area (Å²) in [7, 11) is 0. The lowest BCUT2D eigenvalue weighted by atomic mass is 9.88. The van der Waals surface area contributed by atoms with Crippen LogP contribution in [0.3, 0.4) is 0 Å². The van der Waals surface area contributed by atoms with E-state index in [-0.39, 0.29) is 11.5 Å². The molecule has 18 heavy (non-hydrogen) atoms. The molecule has 0 aliphatic carbocycles. The van der Waals surface area contributed by atoms with Gasteiger partial charge in [-0.05, 0) is 39.2 Å². The Morgan fingerprint density at radius 3 is 2.72 bits per heavy atom. The van der Waals surface area contributed by atoms with Crippen LogP contribution in [-0.2, 0) is 4.79 Å². The van der Waals surface area contributed by atoms with E-state index in [4.69, 9.17) is 0 Å². The Morgan fingerprint density at radius 1 is 1.44 bits per heavy atom. The number of hydrogen-bond donors (Lipinski definition) is 1. The van der Waals surface area contributed by atoms with E-state index >= 15 is 0 Å². The summed E-state index contributed by atoms with van der Waals surface area (Å²) in [6.07, 6.45) is 7.47. The van der Waals surface area contributed by atoms with Crippen molar-refractivity contribution in [3.63, 3.8) is 0 Å². The first-order valence-electron chi connectivity index (χ1n) is 7.39. The molecule has 1 aliphatic heterocycles. The van der Waals surface area contributed by atoms with Crippen LogP contribution in [0.25, 0.3) is 0 Å². The molecule has 3 heteroatoms. The van der Waals surface area contributed by atoms with Crippen LogP contribution in [0.4, 0.5) is 0 Å². The van der Waals surface area contributed by atoms with Crippen molar-refractivity contribution in [2.75, 3.05) is 13.1 Å². The minimum atomic E-state index is -0.250. The Hall–Kier alpha value is -0.410. The van der Waals surface area contributed by atoms with Crippen LogP contribution < -0.4 is 0 Å². The Labute approximate surface area is 112 Å². The van der Waals surface area contributed by atoms with Gasteiger partial charge < -0.3 is 9.90 Å². The molecule has 1 saturated heterocycles. The Kier molecular flexibility index (Phi) is 6.30. The van der Waals surface area contributed by atoms with Crippen molar-refractivity contribution < 1.29 is 9.90 Å². The standard InChI is InChI=1S/C15H29NO2/c1-4-15(3,12-17)11-16-9-7-5-6-8-14(16)10-13(2)18/h12-14,18H,4-11H2,1-3H3. The highest BCUT2D eigenvalue weighted by molar-refractivity contribution is 5.58. The van der Waals surface area contributed by atoms with Gasteiger partial charge >= 0.3 is 0 Å². The molecule has 3 nitrogen and oxygen atoms in total. The highest BCUT2D eigenvalue weighted by atomic mass is 16.3. The Bertz CT molecular complexity index is 255. The molecule has 1 N–H and O–H groups in total. The number of carbonyl (C=O) groups excluding carboxylic acids is 1. The third-order valence-electron chi connectivity index (χ3n) is 4.27. The maximum atomic E-state index is 11.3. The van der Waals surface area contributed by atoms with Crippen LogP contribution in [0.5, 0.6) is 0 Å². The molecule has 0 aromatic heterocycles. The first-order chi connectivity index (χ1) is 8.50. The van der Waals surface area contributed by atoms with Gasteiger partial charge in [0.15, 0.2) is 0 Å². The molecule has 0 aromatic carbocycles. The lowest BCUT2D eigenvalue weighted by Crippen LogP contribution is -2.44. The van der Waals surface area contributed by atoms with E-state index in [2.05, 4.69) is 11.8 Å². The van der Waals surface area contributed by atoms with Crippen LogP contribution in [0, 0.1) is 5.41 Å². The summed E-state index contributed by atoms with van der Waals surface area (Å²) in [4.78, 5) is 13.7. The van der Waals surface area contributed by atoms with Gasteiger partial charge in [0.25, 0.3) is 0 Å². The Morgan fingerprint density at radius 2 is 2.17 bits per heavy atom. The van der Waals surface area contributed by atoms with Crippen molar-refractivity contribution >= 4 is 6.29 Å². The quantitative estimate of drug-likeness (QED) is 0.742. The van der Waals surface area contributed by atoms with E-state index in [1.807, 2.05) is 13.8 Å². The molecule has 0 spiro atoms. The fraction of sp³-hybridized carbons (Fsp3) is 0.933. The van der Waals surface area contributed by atoms with E-state index in [0.717, 1.165) is 38.6 Å². The predicted molar refractivity (Wildman–Crippen MR) is 74.6 cm³/mol. The highest BCUT2D eigenvalue weighted by Gasteiger charge is 2.30. The summed E-state index contributed by atoms with van der Waals surface area (Å²) >= 11 is 0. The van der Waals surface area contributed by atoms with Crippen LogP contribution in [-0.4, -0.2) is 41.5 Å². The number of carbonyl (C=O) groups is 1. The largest absolute Gasteiger partial charge is 0.393 e. The summed E-state index contributed by atoms with van der Waals surface area (Å²) in [6.45, 7) is 7.90. The number of likely N-dealkylation sites (tertiary alicyclic amines) is 1. The zero-order valence-corrected chi connectivity index (χ0v) is 12.2. The third-order valence-corrected chi connectivity index (χ3v) is 4.27. The summed E-state index contributed by atoms with van der Waals surface area (Å²) in [6, 6.07) is 0.443. The number of aliphatic hydroxyl groups excluding tert-OH is 1. The molecule has 0 aromatic rings. The van der Waals surface area contributed by atoms with Crippen LogP contribution >= 0.6 is 0 Å². The van der Waals surface area contributed by atoms with Gasteiger partial charge in [-0.15, -0.1) is 0 Å². The van der Waals surface area contributed by atoms with Crippen molar-refractivity contribution in [3.05, 3.63) is 0 Å². The van der Waals surface area contributed by atoms with Gasteiger partial charge in [-0.2, -0.15) is 0 Å². The predicted octanol–water partition coefficient (Wildman–Crippen LogP) is 2.62. The van der Waals surface area contributed by atoms with Crippen LogP contribution in [0.15, 0.2) is 0 Å². The number of nitrogens with zero attached hydrogens (tertiary/aromatic N) is 1. The van der Waals surface area contributed by atoms with Crippen molar-refractivity contribution in [3.8, 4) is 0 Å². The van der Waals surface area contributed by atoms with Crippen LogP contribution in [0.1, 0.15) is 59.3 Å². The van der Waals surface area contributed by atoms with E-state index in [9.17, 15) is 9.90 Å². The molecule has 0 saturated carbocycles. The fourth-order valence-corrected chi connectivity index (χ4v) is 2.80. The minimum Gasteiger partial charge on any atom is -0.393 e. The lowest BCUT2D eigenvalue weighted by Gasteiger charge is -2.36. The summed E-state index contributed by atoms with van der Waals surface area (Å²) in [5, 5.41) is 9.63. The average molecular weight is 255 g/mol. The molecule has 106 valence electrons. The molecule has 1 heterocycles. The average Bonchev–Trinajstić information content (AvgIpc) is 2.54. The maximum absolute atomic E-state index is 11.3. The number of rotatable bonds is 6. The summed E-state index contributed by atoms with van der Waals surface area (Å²) < 4.78 is 0. The molecule has 1 fully saturated rings. The van der Waals surface area contributed by atoms with Gasteiger partial charge in [-0.25, -0.2) is 0 Å². The second-order valence-corrected chi connectivity index (χ2v) is 6.18. The van der Waals surface area contributed by atoms with E-state index in [1.165, 1.54) is 19.3 Å². The smallest absolute Gasteiger partial charge is 0.127 e. The zero-order chi connectivity index (χ0) is 13.6. The first-order valence-corrected chi connectivity index (χ1v) is 7.39. The van der Waals surface area contributed by atoms with E-state index in [1.54, 1.807) is 0 Å². The molecule has 3 unspecified atom stereocenters. The normalized spacial score (nSPS) is 27.2. The molecule has 0 amide bonds. The highest BCUT2D eigenvalue weighted by Crippen LogP contribution is 2.26. The monoisotopic (exact) mass is 255 g/mol. The number of aldehydes is 1.